The molecular weight excluding hydrogens is 298 g/mol. The second-order valence-electron chi connectivity index (χ2n) is 5.45. The average molecular weight is 320 g/mol. The molecule has 0 radical (unpaired) electrons. The van der Waals surface area contributed by atoms with Crippen molar-refractivity contribution in [3.63, 3.8) is 0 Å². The molecule has 0 N–H and O–H groups in total. The Morgan fingerprint density at radius 2 is 2.09 bits per heavy atom. The molecule has 0 spiro atoms. The first kappa shape index (κ1) is 16.8. The second-order valence-corrected chi connectivity index (χ2v) is 5.86. The van der Waals surface area contributed by atoms with Gasteiger partial charge in [-0.05, 0) is 36.5 Å². The number of likely N-dealkylation sites (tertiary alicyclic amines) is 1. The lowest BCUT2D eigenvalue weighted by molar-refractivity contribution is -0.127. The molecule has 1 fully saturated rings. The quantitative estimate of drug-likeness (QED) is 0.453. The van der Waals surface area contributed by atoms with E-state index in [1.54, 1.807) is 18.2 Å². The third-order valence-corrected chi connectivity index (χ3v) is 4.17. The smallest absolute Gasteiger partial charge is 0.246 e. The van der Waals surface area contributed by atoms with E-state index in [0.29, 0.717) is 17.5 Å². The SMILES string of the molecule is C=CCOCC1CCN(C(=O)/C=C/c2ccccc2Cl)CC1. The zero-order chi connectivity index (χ0) is 15.8. The number of amides is 1. The van der Waals surface area contributed by atoms with Crippen molar-refractivity contribution in [2.45, 2.75) is 12.8 Å². The highest BCUT2D eigenvalue weighted by Gasteiger charge is 2.21. The largest absolute Gasteiger partial charge is 0.377 e. The van der Waals surface area contributed by atoms with Crippen molar-refractivity contribution in [3.05, 3.63) is 53.6 Å². The van der Waals surface area contributed by atoms with Crippen molar-refractivity contribution in [1.82, 2.24) is 4.90 Å². The van der Waals surface area contributed by atoms with Gasteiger partial charge >= 0.3 is 0 Å². The Morgan fingerprint density at radius 3 is 2.77 bits per heavy atom. The maximum Gasteiger partial charge on any atom is 0.246 e. The summed E-state index contributed by atoms with van der Waals surface area (Å²) in [5, 5.41) is 0.657. The van der Waals surface area contributed by atoms with Gasteiger partial charge in [-0.25, -0.2) is 0 Å². The second kappa shape index (κ2) is 8.76. The van der Waals surface area contributed by atoms with Crippen LogP contribution in [0.5, 0.6) is 0 Å². The fourth-order valence-electron chi connectivity index (χ4n) is 2.51. The van der Waals surface area contributed by atoms with E-state index in [-0.39, 0.29) is 5.91 Å². The molecular formula is C18H22ClNO2. The molecule has 0 aliphatic carbocycles. The Morgan fingerprint density at radius 1 is 1.36 bits per heavy atom. The Labute approximate surface area is 137 Å². The number of hydrogen-bond donors (Lipinski definition) is 0. The molecule has 118 valence electrons. The van der Waals surface area contributed by atoms with E-state index in [4.69, 9.17) is 16.3 Å². The molecule has 22 heavy (non-hydrogen) atoms. The Bertz CT molecular complexity index is 534. The molecule has 1 heterocycles. The number of hydrogen-bond acceptors (Lipinski definition) is 2. The zero-order valence-corrected chi connectivity index (χ0v) is 13.5. The van der Waals surface area contributed by atoms with E-state index in [9.17, 15) is 4.79 Å². The van der Waals surface area contributed by atoms with Gasteiger partial charge in [-0.15, -0.1) is 6.58 Å². The number of carbonyl (C=O) groups excluding carboxylic acids is 1. The first-order chi connectivity index (χ1) is 10.7. The number of carbonyl (C=O) groups is 1. The minimum atomic E-state index is 0.0466. The number of ether oxygens (including phenoxy) is 1. The molecule has 1 aliphatic heterocycles. The number of benzene rings is 1. The average Bonchev–Trinajstić information content (AvgIpc) is 2.55. The summed E-state index contributed by atoms with van der Waals surface area (Å²) in [5.41, 5.74) is 0.866. The summed E-state index contributed by atoms with van der Waals surface area (Å²) in [6, 6.07) is 7.50. The van der Waals surface area contributed by atoms with Crippen LogP contribution >= 0.6 is 11.6 Å². The highest BCUT2D eigenvalue weighted by Crippen LogP contribution is 2.19. The van der Waals surface area contributed by atoms with Crippen LogP contribution in [0, 0.1) is 5.92 Å². The van der Waals surface area contributed by atoms with Gasteiger partial charge in [0.15, 0.2) is 0 Å². The van der Waals surface area contributed by atoms with Crippen molar-refractivity contribution in [1.29, 1.82) is 0 Å². The first-order valence-electron chi connectivity index (χ1n) is 7.61. The van der Waals surface area contributed by atoms with Crippen LogP contribution in [0.15, 0.2) is 43.0 Å². The van der Waals surface area contributed by atoms with E-state index in [0.717, 1.165) is 38.1 Å². The normalized spacial score (nSPS) is 16.1. The Hall–Kier alpha value is -1.58. The number of rotatable bonds is 6. The van der Waals surface area contributed by atoms with Crippen LogP contribution in [0.4, 0.5) is 0 Å². The number of piperidine rings is 1. The van der Waals surface area contributed by atoms with E-state index < -0.39 is 0 Å². The molecule has 2 rings (SSSR count). The fourth-order valence-corrected chi connectivity index (χ4v) is 2.71. The highest BCUT2D eigenvalue weighted by atomic mass is 35.5. The van der Waals surface area contributed by atoms with E-state index in [1.165, 1.54) is 0 Å². The van der Waals surface area contributed by atoms with Crippen LogP contribution in [0.2, 0.25) is 5.02 Å². The van der Waals surface area contributed by atoms with Crippen LogP contribution in [0.3, 0.4) is 0 Å². The topological polar surface area (TPSA) is 29.5 Å². The Balaban J connectivity index is 1.80. The third-order valence-electron chi connectivity index (χ3n) is 3.83. The highest BCUT2D eigenvalue weighted by molar-refractivity contribution is 6.32. The van der Waals surface area contributed by atoms with Gasteiger partial charge in [0, 0.05) is 30.8 Å². The van der Waals surface area contributed by atoms with Crippen molar-refractivity contribution in [2.24, 2.45) is 5.92 Å². The maximum absolute atomic E-state index is 12.2. The van der Waals surface area contributed by atoms with Crippen LogP contribution in [-0.4, -0.2) is 37.1 Å². The van der Waals surface area contributed by atoms with Gasteiger partial charge in [-0.2, -0.15) is 0 Å². The van der Waals surface area contributed by atoms with E-state index in [1.807, 2.05) is 29.2 Å². The summed E-state index contributed by atoms with van der Waals surface area (Å²) in [7, 11) is 0. The van der Waals surface area contributed by atoms with Crippen LogP contribution in [-0.2, 0) is 9.53 Å². The summed E-state index contributed by atoms with van der Waals surface area (Å²) in [6.45, 7) is 6.56. The molecule has 1 aromatic carbocycles. The summed E-state index contributed by atoms with van der Waals surface area (Å²) in [4.78, 5) is 14.1. The minimum absolute atomic E-state index is 0.0466. The lowest BCUT2D eigenvalue weighted by atomic mass is 9.98. The van der Waals surface area contributed by atoms with Gasteiger partial charge in [-0.3, -0.25) is 4.79 Å². The van der Waals surface area contributed by atoms with Gasteiger partial charge in [0.25, 0.3) is 0 Å². The molecule has 0 aromatic heterocycles. The molecule has 4 heteroatoms. The Kier molecular flexibility index (Phi) is 6.69. The van der Waals surface area contributed by atoms with Crippen LogP contribution < -0.4 is 0 Å². The minimum Gasteiger partial charge on any atom is -0.377 e. The van der Waals surface area contributed by atoms with Gasteiger partial charge in [0.1, 0.15) is 0 Å². The number of nitrogens with zero attached hydrogens (tertiary/aromatic N) is 1. The predicted octanol–water partition coefficient (Wildman–Crippen LogP) is 3.79. The summed E-state index contributed by atoms with van der Waals surface area (Å²) >= 11 is 6.08. The molecule has 0 saturated carbocycles. The van der Waals surface area contributed by atoms with E-state index in [2.05, 4.69) is 6.58 Å². The predicted molar refractivity (Wildman–Crippen MR) is 90.8 cm³/mol. The van der Waals surface area contributed by atoms with Crippen molar-refractivity contribution < 1.29 is 9.53 Å². The summed E-state index contributed by atoms with van der Waals surface area (Å²) < 4.78 is 5.49. The molecule has 1 amide bonds. The molecule has 0 atom stereocenters. The maximum atomic E-state index is 12.2. The third kappa shape index (κ3) is 5.00. The van der Waals surface area contributed by atoms with E-state index >= 15 is 0 Å². The monoisotopic (exact) mass is 319 g/mol. The lowest BCUT2D eigenvalue weighted by Crippen LogP contribution is -2.38. The molecule has 3 nitrogen and oxygen atoms in total. The van der Waals surface area contributed by atoms with Crippen molar-refractivity contribution in [3.8, 4) is 0 Å². The van der Waals surface area contributed by atoms with Crippen molar-refractivity contribution >= 4 is 23.6 Å². The molecule has 1 saturated heterocycles. The van der Waals surface area contributed by atoms with Crippen LogP contribution in [0.25, 0.3) is 6.08 Å². The standard InChI is InChI=1S/C18H22ClNO2/c1-2-13-22-14-15-9-11-20(12-10-15)18(21)8-7-16-5-3-4-6-17(16)19/h2-8,15H,1,9-14H2/b8-7+. The van der Waals surface area contributed by atoms with Crippen molar-refractivity contribution in [2.75, 3.05) is 26.3 Å². The summed E-state index contributed by atoms with van der Waals surface area (Å²) in [6.07, 6.45) is 7.13. The molecule has 1 aliphatic rings. The fraction of sp³-hybridized carbons (Fsp3) is 0.389. The van der Waals surface area contributed by atoms with Gasteiger partial charge in [0.05, 0.1) is 6.61 Å². The van der Waals surface area contributed by atoms with Gasteiger partial charge < -0.3 is 9.64 Å². The summed E-state index contributed by atoms with van der Waals surface area (Å²) in [5.74, 6) is 0.585. The lowest BCUT2D eigenvalue weighted by Gasteiger charge is -2.31. The molecule has 0 unspecified atom stereocenters. The number of halogens is 1. The zero-order valence-electron chi connectivity index (χ0n) is 12.7. The van der Waals surface area contributed by atoms with Gasteiger partial charge in [-0.1, -0.05) is 35.9 Å². The van der Waals surface area contributed by atoms with Gasteiger partial charge in [0.2, 0.25) is 5.91 Å². The molecule has 0 bridgehead atoms. The van der Waals surface area contributed by atoms with Crippen LogP contribution in [0.1, 0.15) is 18.4 Å². The molecule has 1 aromatic rings. The first-order valence-corrected chi connectivity index (χ1v) is 7.98.